The van der Waals surface area contributed by atoms with Crippen molar-refractivity contribution in [1.29, 1.82) is 0 Å². The molecule has 2 fully saturated rings. The van der Waals surface area contributed by atoms with Gasteiger partial charge in [0.05, 0.1) is 18.6 Å². The Labute approximate surface area is 184 Å². The lowest BCUT2D eigenvalue weighted by atomic mass is 9.92. The number of rotatable bonds is 4. The molecule has 3 aromatic rings. The molecule has 1 aromatic carbocycles. The fourth-order valence-corrected chi connectivity index (χ4v) is 4.58. The van der Waals surface area contributed by atoms with E-state index >= 15 is 0 Å². The first-order chi connectivity index (χ1) is 15.6. The van der Waals surface area contributed by atoms with Crippen LogP contribution in [-0.2, 0) is 4.74 Å². The molecule has 2 aliphatic rings. The summed E-state index contributed by atoms with van der Waals surface area (Å²) < 4.78 is 7.19. The fraction of sp³-hybridized carbons (Fsp3) is 0.455. The summed E-state index contributed by atoms with van der Waals surface area (Å²) in [5.74, 6) is 0.152. The molecule has 5 rings (SSSR count). The van der Waals surface area contributed by atoms with Gasteiger partial charge < -0.3 is 25.0 Å². The Balaban J connectivity index is 1.35. The molecule has 2 aliphatic heterocycles. The van der Waals surface area contributed by atoms with Gasteiger partial charge in [0.25, 0.3) is 5.91 Å². The van der Waals surface area contributed by atoms with Crippen LogP contribution >= 0.6 is 0 Å². The van der Waals surface area contributed by atoms with Crippen molar-refractivity contribution in [3.8, 4) is 0 Å². The number of fused-ring (bicyclic) bond motifs is 1. The topological polar surface area (TPSA) is 134 Å². The van der Waals surface area contributed by atoms with E-state index in [1.807, 2.05) is 35.2 Å². The molecule has 10 nitrogen and oxygen atoms in total. The number of nitrogens with zero attached hydrogens (tertiary/aromatic N) is 5. The summed E-state index contributed by atoms with van der Waals surface area (Å²) in [6.07, 6.45) is 0.290. The van der Waals surface area contributed by atoms with E-state index in [-0.39, 0.29) is 11.8 Å². The van der Waals surface area contributed by atoms with Crippen LogP contribution in [0.25, 0.3) is 11.2 Å². The Kier molecular flexibility index (Phi) is 5.60. The third-order valence-electron chi connectivity index (χ3n) is 6.37. The molecule has 32 heavy (non-hydrogen) atoms. The van der Waals surface area contributed by atoms with Gasteiger partial charge in [-0.25, -0.2) is 15.0 Å². The SMILES string of the molecule is O=C(c1ccccc1)N1CCC(c2ncnc3c2ncn3[C@@H]2O[C@H](CO)[C@@H](O)[C@H]2O)CC1. The Bertz CT molecular complexity index is 1100. The third-order valence-corrected chi connectivity index (χ3v) is 6.37. The summed E-state index contributed by atoms with van der Waals surface area (Å²) in [6, 6.07) is 9.27. The minimum Gasteiger partial charge on any atom is -0.394 e. The number of aliphatic hydroxyl groups is 3. The van der Waals surface area contributed by atoms with Crippen LogP contribution in [0.1, 0.15) is 41.0 Å². The summed E-state index contributed by atoms with van der Waals surface area (Å²) in [5.41, 5.74) is 2.59. The predicted molar refractivity (Wildman–Crippen MR) is 113 cm³/mol. The van der Waals surface area contributed by atoms with Crippen molar-refractivity contribution in [1.82, 2.24) is 24.4 Å². The minimum absolute atomic E-state index is 0.0329. The molecule has 0 bridgehead atoms. The summed E-state index contributed by atoms with van der Waals surface area (Å²) in [5, 5.41) is 29.8. The highest BCUT2D eigenvalue weighted by atomic mass is 16.6. The van der Waals surface area contributed by atoms with Gasteiger partial charge in [-0.3, -0.25) is 9.36 Å². The van der Waals surface area contributed by atoms with E-state index in [1.54, 1.807) is 4.57 Å². The van der Waals surface area contributed by atoms with Gasteiger partial charge in [0.2, 0.25) is 0 Å². The number of amides is 1. The molecule has 2 aromatic heterocycles. The zero-order chi connectivity index (χ0) is 22.2. The number of likely N-dealkylation sites (tertiary alicyclic amines) is 1. The molecule has 4 heterocycles. The number of hydrogen-bond acceptors (Lipinski definition) is 8. The van der Waals surface area contributed by atoms with Crippen LogP contribution < -0.4 is 0 Å². The van der Waals surface area contributed by atoms with Crippen molar-refractivity contribution in [2.75, 3.05) is 19.7 Å². The first kappa shape index (κ1) is 21.0. The Morgan fingerprint density at radius 1 is 1.06 bits per heavy atom. The molecule has 10 heteroatoms. The van der Waals surface area contributed by atoms with Crippen molar-refractivity contribution in [2.24, 2.45) is 0 Å². The van der Waals surface area contributed by atoms with E-state index in [2.05, 4.69) is 15.0 Å². The Morgan fingerprint density at radius 2 is 1.81 bits per heavy atom. The average molecular weight is 439 g/mol. The fourth-order valence-electron chi connectivity index (χ4n) is 4.58. The number of carbonyl (C=O) groups excluding carboxylic acids is 1. The lowest BCUT2D eigenvalue weighted by Gasteiger charge is -2.31. The molecule has 0 saturated carbocycles. The maximum atomic E-state index is 12.7. The number of benzene rings is 1. The smallest absolute Gasteiger partial charge is 0.253 e. The molecule has 3 N–H and O–H groups in total. The monoisotopic (exact) mass is 439 g/mol. The number of carbonyl (C=O) groups is 1. The lowest BCUT2D eigenvalue weighted by molar-refractivity contribution is -0.0511. The van der Waals surface area contributed by atoms with Gasteiger partial charge in [-0.15, -0.1) is 0 Å². The maximum Gasteiger partial charge on any atom is 0.253 e. The van der Waals surface area contributed by atoms with Gasteiger partial charge in [0, 0.05) is 24.6 Å². The van der Waals surface area contributed by atoms with Gasteiger partial charge in [-0.05, 0) is 25.0 Å². The van der Waals surface area contributed by atoms with Gasteiger partial charge in [0.1, 0.15) is 30.2 Å². The highest BCUT2D eigenvalue weighted by Gasteiger charge is 2.44. The van der Waals surface area contributed by atoms with Crippen LogP contribution in [0.2, 0.25) is 0 Å². The second kappa shape index (κ2) is 8.55. The van der Waals surface area contributed by atoms with Crippen LogP contribution in [0.3, 0.4) is 0 Å². The predicted octanol–water partition coefficient (Wildman–Crippen LogP) is 0.458. The summed E-state index contributed by atoms with van der Waals surface area (Å²) >= 11 is 0. The van der Waals surface area contributed by atoms with Crippen molar-refractivity contribution in [3.05, 3.63) is 54.2 Å². The van der Waals surface area contributed by atoms with E-state index in [1.165, 1.54) is 12.7 Å². The maximum absolute atomic E-state index is 12.7. The second-order valence-electron chi connectivity index (χ2n) is 8.24. The standard InChI is InChI=1S/C22H25N5O5/c28-10-15-18(29)19(30)22(32-15)27-12-25-17-16(23-11-24-20(17)27)13-6-8-26(9-7-13)21(31)14-4-2-1-3-5-14/h1-5,11-13,15,18-19,22,28-30H,6-10H2/t15-,18-,19-,22-/m1/s1. The third kappa shape index (κ3) is 3.55. The molecule has 2 saturated heterocycles. The first-order valence-corrected chi connectivity index (χ1v) is 10.7. The molecular weight excluding hydrogens is 414 g/mol. The zero-order valence-electron chi connectivity index (χ0n) is 17.4. The highest BCUT2D eigenvalue weighted by molar-refractivity contribution is 5.94. The first-order valence-electron chi connectivity index (χ1n) is 10.7. The van der Waals surface area contributed by atoms with Crippen molar-refractivity contribution < 1.29 is 24.9 Å². The second-order valence-corrected chi connectivity index (χ2v) is 8.24. The van der Waals surface area contributed by atoms with Gasteiger partial charge in [-0.2, -0.15) is 0 Å². The summed E-state index contributed by atoms with van der Waals surface area (Å²) in [7, 11) is 0. The molecular formula is C22H25N5O5. The number of piperidine rings is 1. The van der Waals surface area contributed by atoms with Crippen LogP contribution in [0.5, 0.6) is 0 Å². The van der Waals surface area contributed by atoms with Crippen LogP contribution in [0.15, 0.2) is 43.0 Å². The lowest BCUT2D eigenvalue weighted by Crippen LogP contribution is -2.38. The molecule has 0 spiro atoms. The van der Waals surface area contributed by atoms with E-state index in [0.717, 1.165) is 18.5 Å². The van der Waals surface area contributed by atoms with Crippen LogP contribution in [0, 0.1) is 0 Å². The van der Waals surface area contributed by atoms with E-state index < -0.39 is 31.1 Å². The molecule has 0 unspecified atom stereocenters. The quantitative estimate of drug-likeness (QED) is 0.534. The molecule has 168 valence electrons. The highest BCUT2D eigenvalue weighted by Crippen LogP contribution is 2.34. The van der Waals surface area contributed by atoms with E-state index in [4.69, 9.17) is 4.74 Å². The van der Waals surface area contributed by atoms with Gasteiger partial charge in [0.15, 0.2) is 11.9 Å². The van der Waals surface area contributed by atoms with Gasteiger partial charge >= 0.3 is 0 Å². The van der Waals surface area contributed by atoms with E-state index in [0.29, 0.717) is 29.8 Å². The summed E-state index contributed by atoms with van der Waals surface area (Å²) in [6.45, 7) is 0.848. The molecule has 0 radical (unpaired) electrons. The van der Waals surface area contributed by atoms with Crippen molar-refractivity contribution in [2.45, 2.75) is 43.3 Å². The molecule has 0 aliphatic carbocycles. The number of imidazole rings is 1. The summed E-state index contributed by atoms with van der Waals surface area (Å²) in [4.78, 5) is 27.9. The number of ether oxygens (including phenoxy) is 1. The van der Waals surface area contributed by atoms with Crippen LogP contribution in [0.4, 0.5) is 0 Å². The Hall–Kier alpha value is -2.92. The number of hydrogen-bond donors (Lipinski definition) is 3. The van der Waals surface area contributed by atoms with E-state index in [9.17, 15) is 20.1 Å². The largest absolute Gasteiger partial charge is 0.394 e. The molecule has 4 atom stereocenters. The number of aliphatic hydroxyl groups excluding tert-OH is 3. The Morgan fingerprint density at radius 3 is 2.50 bits per heavy atom. The zero-order valence-corrected chi connectivity index (χ0v) is 17.4. The van der Waals surface area contributed by atoms with Crippen molar-refractivity contribution in [3.63, 3.8) is 0 Å². The van der Waals surface area contributed by atoms with Crippen LogP contribution in [-0.4, -0.2) is 83.7 Å². The molecule has 1 amide bonds. The van der Waals surface area contributed by atoms with Crippen molar-refractivity contribution >= 4 is 17.1 Å². The average Bonchev–Trinajstić information content (AvgIpc) is 3.40. The normalized spacial score (nSPS) is 26.7. The van der Waals surface area contributed by atoms with Gasteiger partial charge in [-0.1, -0.05) is 18.2 Å². The number of aromatic nitrogens is 4. The minimum atomic E-state index is -1.21.